The summed E-state index contributed by atoms with van der Waals surface area (Å²) in [6, 6.07) is 8.63. The lowest BCUT2D eigenvalue weighted by molar-refractivity contribution is 0.603. The highest BCUT2D eigenvalue weighted by Gasteiger charge is 2.20. The third-order valence-corrected chi connectivity index (χ3v) is 5.94. The molecule has 0 fully saturated rings. The maximum atomic E-state index is 6.32. The number of hydrogen-bond donors (Lipinski definition) is 1. The molecule has 1 aromatic carbocycles. The van der Waals surface area contributed by atoms with Crippen molar-refractivity contribution in [3.05, 3.63) is 54.2 Å². The highest BCUT2D eigenvalue weighted by atomic mass is 127. The molecule has 2 rings (SSSR count). The molecule has 0 aliphatic rings. The van der Waals surface area contributed by atoms with Crippen LogP contribution in [0.5, 0.6) is 0 Å². The first-order chi connectivity index (χ1) is 9.15. The smallest absolute Gasteiger partial charge is 0.0696 e. The van der Waals surface area contributed by atoms with E-state index < -0.39 is 0 Å². The fraction of sp³-hybridized carbons (Fsp3) is 0.333. The number of aryl methyl sites for hydroxylation is 1. The molecule has 1 aromatic heterocycles. The van der Waals surface area contributed by atoms with E-state index in [0.717, 1.165) is 18.0 Å². The zero-order valence-electron chi connectivity index (χ0n) is 11.0. The molecule has 0 amide bonds. The second kappa shape index (κ2) is 7.07. The van der Waals surface area contributed by atoms with E-state index in [1.165, 1.54) is 19.6 Å². The Morgan fingerprint density at radius 3 is 2.79 bits per heavy atom. The van der Waals surface area contributed by atoms with Gasteiger partial charge in [-0.1, -0.05) is 36.7 Å². The molecule has 1 unspecified atom stereocenters. The van der Waals surface area contributed by atoms with Gasteiger partial charge < -0.3 is 5.32 Å². The molecule has 1 atom stereocenters. The monoisotopic (exact) mass is 405 g/mol. The highest BCUT2D eigenvalue weighted by Crippen LogP contribution is 2.35. The Kier molecular flexibility index (Phi) is 5.69. The number of thiophene rings is 1. The molecule has 0 saturated heterocycles. The van der Waals surface area contributed by atoms with Crippen LogP contribution in [0.25, 0.3) is 0 Å². The van der Waals surface area contributed by atoms with E-state index in [-0.39, 0.29) is 6.04 Å². The molecule has 4 heteroatoms. The van der Waals surface area contributed by atoms with Crippen molar-refractivity contribution >= 4 is 45.5 Å². The predicted octanol–water partition coefficient (Wildman–Crippen LogP) is 5.40. The van der Waals surface area contributed by atoms with Gasteiger partial charge in [0, 0.05) is 8.45 Å². The number of benzene rings is 1. The Morgan fingerprint density at radius 1 is 1.37 bits per heavy atom. The molecule has 1 nitrogen and oxygen atoms in total. The van der Waals surface area contributed by atoms with Gasteiger partial charge in [0.15, 0.2) is 0 Å². The fourth-order valence-corrected chi connectivity index (χ4v) is 3.97. The zero-order chi connectivity index (χ0) is 13.8. The van der Waals surface area contributed by atoms with Crippen LogP contribution in [0.1, 0.15) is 35.4 Å². The lowest BCUT2D eigenvalue weighted by Gasteiger charge is -2.20. The van der Waals surface area contributed by atoms with Gasteiger partial charge in [-0.3, -0.25) is 0 Å². The quantitative estimate of drug-likeness (QED) is 0.656. The average molecular weight is 406 g/mol. The van der Waals surface area contributed by atoms with E-state index in [2.05, 4.69) is 65.3 Å². The Labute approximate surface area is 137 Å². The Hall–Kier alpha value is -0.100. The van der Waals surface area contributed by atoms with Crippen molar-refractivity contribution in [2.45, 2.75) is 26.3 Å². The van der Waals surface area contributed by atoms with Crippen LogP contribution in [-0.4, -0.2) is 6.54 Å². The van der Waals surface area contributed by atoms with E-state index in [1.54, 1.807) is 11.3 Å². The van der Waals surface area contributed by atoms with Gasteiger partial charge in [0.2, 0.25) is 0 Å². The minimum Gasteiger partial charge on any atom is -0.306 e. The largest absolute Gasteiger partial charge is 0.306 e. The second-order valence-electron chi connectivity index (χ2n) is 4.50. The molecule has 19 heavy (non-hydrogen) atoms. The van der Waals surface area contributed by atoms with E-state index in [1.807, 2.05) is 6.07 Å². The summed E-state index contributed by atoms with van der Waals surface area (Å²) in [5.74, 6) is 0. The molecule has 102 valence electrons. The third-order valence-electron chi connectivity index (χ3n) is 3.04. The number of nitrogens with one attached hydrogen (secondary N) is 1. The first-order valence-corrected chi connectivity index (χ1v) is 8.70. The van der Waals surface area contributed by atoms with Crippen LogP contribution in [0.15, 0.2) is 29.6 Å². The molecular formula is C15H17ClINS. The summed E-state index contributed by atoms with van der Waals surface area (Å²) in [6.07, 6.45) is 1.11. The molecule has 0 bridgehead atoms. The maximum Gasteiger partial charge on any atom is 0.0696 e. The Balaban J connectivity index is 2.43. The van der Waals surface area contributed by atoms with Gasteiger partial charge in [-0.25, -0.2) is 0 Å². The summed E-state index contributed by atoms with van der Waals surface area (Å²) >= 11 is 10.5. The van der Waals surface area contributed by atoms with Crippen molar-refractivity contribution in [1.29, 1.82) is 0 Å². The van der Waals surface area contributed by atoms with Crippen molar-refractivity contribution in [2.75, 3.05) is 6.54 Å². The molecule has 0 aliphatic heterocycles. The van der Waals surface area contributed by atoms with Crippen molar-refractivity contribution in [3.8, 4) is 0 Å². The number of hydrogen-bond acceptors (Lipinski definition) is 2. The van der Waals surface area contributed by atoms with Gasteiger partial charge in [0.05, 0.1) is 11.1 Å². The lowest BCUT2D eigenvalue weighted by Crippen LogP contribution is -2.23. The van der Waals surface area contributed by atoms with Crippen molar-refractivity contribution in [1.82, 2.24) is 5.32 Å². The lowest BCUT2D eigenvalue weighted by atomic mass is 10.0. The van der Waals surface area contributed by atoms with Gasteiger partial charge in [0.25, 0.3) is 0 Å². The maximum absolute atomic E-state index is 6.32. The Bertz CT molecular complexity index is 553. The molecular weight excluding hydrogens is 389 g/mol. The number of halogens is 2. The zero-order valence-corrected chi connectivity index (χ0v) is 14.8. The van der Waals surface area contributed by atoms with Crippen LogP contribution in [-0.2, 0) is 0 Å². The van der Waals surface area contributed by atoms with E-state index in [9.17, 15) is 0 Å². The topological polar surface area (TPSA) is 12.0 Å². The van der Waals surface area contributed by atoms with Crippen molar-refractivity contribution in [2.24, 2.45) is 0 Å². The molecule has 0 radical (unpaired) electrons. The predicted molar refractivity (Wildman–Crippen MR) is 93.4 cm³/mol. The van der Waals surface area contributed by atoms with Crippen LogP contribution < -0.4 is 5.32 Å². The first-order valence-electron chi connectivity index (χ1n) is 6.36. The highest BCUT2D eigenvalue weighted by molar-refractivity contribution is 14.1. The molecule has 0 saturated carbocycles. The summed E-state index contributed by atoms with van der Waals surface area (Å²) in [6.45, 7) is 5.32. The summed E-state index contributed by atoms with van der Waals surface area (Å²) in [7, 11) is 0. The Morgan fingerprint density at radius 2 is 2.16 bits per heavy atom. The van der Waals surface area contributed by atoms with Crippen LogP contribution in [0.3, 0.4) is 0 Å². The van der Waals surface area contributed by atoms with Crippen LogP contribution >= 0.6 is 45.5 Å². The van der Waals surface area contributed by atoms with Crippen molar-refractivity contribution < 1.29 is 0 Å². The summed E-state index contributed by atoms with van der Waals surface area (Å²) in [5.41, 5.74) is 2.63. The normalized spacial score (nSPS) is 12.6. The minimum absolute atomic E-state index is 0.194. The standard InChI is InChI=1S/C15H17ClINS/c1-3-8-18-14(15-12(16)7-9-19-15)11-6-4-5-10(2)13(11)17/h4-7,9,14,18H,3,8H2,1-2H3. The minimum atomic E-state index is 0.194. The third kappa shape index (κ3) is 3.51. The molecule has 0 spiro atoms. The van der Waals surface area contributed by atoms with Crippen LogP contribution in [0.4, 0.5) is 0 Å². The van der Waals surface area contributed by atoms with Gasteiger partial charge in [-0.05, 0) is 65.1 Å². The van der Waals surface area contributed by atoms with Gasteiger partial charge in [-0.15, -0.1) is 11.3 Å². The molecule has 0 aliphatic carbocycles. The first kappa shape index (κ1) is 15.3. The van der Waals surface area contributed by atoms with E-state index in [4.69, 9.17) is 11.6 Å². The average Bonchev–Trinajstić information content (AvgIpc) is 2.81. The summed E-state index contributed by atoms with van der Waals surface area (Å²) < 4.78 is 1.32. The van der Waals surface area contributed by atoms with Gasteiger partial charge >= 0.3 is 0 Å². The molecule has 1 N–H and O–H groups in total. The van der Waals surface area contributed by atoms with E-state index in [0.29, 0.717) is 0 Å². The number of rotatable bonds is 5. The second-order valence-corrected chi connectivity index (χ2v) is 6.93. The van der Waals surface area contributed by atoms with Crippen LogP contribution in [0.2, 0.25) is 5.02 Å². The van der Waals surface area contributed by atoms with Crippen LogP contribution in [0, 0.1) is 10.5 Å². The van der Waals surface area contributed by atoms with Gasteiger partial charge in [0.1, 0.15) is 0 Å². The SMILES string of the molecule is CCCNC(c1cccc(C)c1I)c1sccc1Cl. The summed E-state index contributed by atoms with van der Waals surface area (Å²) in [5, 5.41) is 6.53. The molecule has 2 aromatic rings. The van der Waals surface area contributed by atoms with Crippen molar-refractivity contribution in [3.63, 3.8) is 0 Å². The molecule has 1 heterocycles. The van der Waals surface area contributed by atoms with Gasteiger partial charge in [-0.2, -0.15) is 0 Å². The fourth-order valence-electron chi connectivity index (χ4n) is 2.04. The van der Waals surface area contributed by atoms with E-state index >= 15 is 0 Å². The summed E-state index contributed by atoms with van der Waals surface area (Å²) in [4.78, 5) is 1.21.